The van der Waals surface area contributed by atoms with Crippen molar-refractivity contribution in [3.8, 4) is 0 Å². The lowest BCUT2D eigenvalue weighted by Crippen LogP contribution is -2.56. The van der Waals surface area contributed by atoms with Gasteiger partial charge in [-0.25, -0.2) is 9.18 Å². The highest BCUT2D eigenvalue weighted by Crippen LogP contribution is 2.11. The number of carbonyl (C=O) groups excluding carboxylic acids is 1. The van der Waals surface area contributed by atoms with Crippen LogP contribution in [0.4, 0.5) is 14.9 Å². The zero-order valence-corrected chi connectivity index (χ0v) is 10.6. The second kappa shape index (κ2) is 5.35. The normalized spacial score (nSPS) is 23.8. The van der Waals surface area contributed by atoms with E-state index in [0.717, 1.165) is 0 Å². The average molecular weight is 251 g/mol. The molecule has 1 aliphatic rings. The molecule has 0 aliphatic carbocycles. The van der Waals surface area contributed by atoms with Crippen LogP contribution in [-0.2, 0) is 0 Å². The summed E-state index contributed by atoms with van der Waals surface area (Å²) in [5.74, 6) is -0.352. The standard InChI is InChI=1S/C13H18FN3O/c1-9-7-17(8-10(2)15-9)13(18)16-12-5-3-4-11(14)6-12/h3-6,9-10,15H,7-8H2,1-2H3,(H,16,18). The fraction of sp³-hybridized carbons (Fsp3) is 0.462. The molecule has 4 nitrogen and oxygen atoms in total. The topological polar surface area (TPSA) is 44.4 Å². The largest absolute Gasteiger partial charge is 0.321 e. The summed E-state index contributed by atoms with van der Waals surface area (Å²) in [4.78, 5) is 13.8. The molecule has 5 heteroatoms. The highest BCUT2D eigenvalue weighted by Gasteiger charge is 2.24. The maximum atomic E-state index is 13.0. The Morgan fingerprint density at radius 2 is 2.06 bits per heavy atom. The molecular formula is C13H18FN3O. The van der Waals surface area contributed by atoms with Crippen molar-refractivity contribution in [2.75, 3.05) is 18.4 Å². The van der Waals surface area contributed by atoms with E-state index in [2.05, 4.69) is 10.6 Å². The molecule has 1 fully saturated rings. The number of nitrogens with zero attached hydrogens (tertiary/aromatic N) is 1. The van der Waals surface area contributed by atoms with Gasteiger partial charge in [-0.05, 0) is 32.0 Å². The molecule has 2 unspecified atom stereocenters. The number of piperazine rings is 1. The monoisotopic (exact) mass is 251 g/mol. The first-order valence-electron chi connectivity index (χ1n) is 6.12. The minimum Gasteiger partial charge on any atom is -0.321 e. The van der Waals surface area contributed by atoms with Crippen LogP contribution in [0.1, 0.15) is 13.8 Å². The van der Waals surface area contributed by atoms with Gasteiger partial charge in [0.25, 0.3) is 0 Å². The van der Waals surface area contributed by atoms with Crippen molar-refractivity contribution in [1.29, 1.82) is 0 Å². The van der Waals surface area contributed by atoms with Gasteiger partial charge < -0.3 is 15.5 Å². The number of anilines is 1. The summed E-state index contributed by atoms with van der Waals surface area (Å²) in [5, 5.41) is 6.07. The van der Waals surface area contributed by atoms with E-state index in [-0.39, 0.29) is 23.9 Å². The minimum absolute atomic E-state index is 0.180. The van der Waals surface area contributed by atoms with Crippen LogP contribution >= 0.6 is 0 Å². The maximum absolute atomic E-state index is 13.0. The third-order valence-electron chi connectivity index (χ3n) is 2.92. The quantitative estimate of drug-likeness (QED) is 0.802. The lowest BCUT2D eigenvalue weighted by Gasteiger charge is -2.36. The zero-order valence-electron chi connectivity index (χ0n) is 10.6. The van der Waals surface area contributed by atoms with E-state index in [0.29, 0.717) is 18.8 Å². The number of halogens is 1. The van der Waals surface area contributed by atoms with Gasteiger partial charge in [0.2, 0.25) is 0 Å². The summed E-state index contributed by atoms with van der Waals surface area (Å²) in [6, 6.07) is 6.28. The second-order valence-corrected chi connectivity index (χ2v) is 4.81. The van der Waals surface area contributed by atoms with Crippen molar-refractivity contribution in [3.63, 3.8) is 0 Å². The number of amides is 2. The second-order valence-electron chi connectivity index (χ2n) is 4.81. The first-order valence-corrected chi connectivity index (χ1v) is 6.12. The van der Waals surface area contributed by atoms with Gasteiger partial charge in [0.15, 0.2) is 0 Å². The van der Waals surface area contributed by atoms with Crippen LogP contribution in [-0.4, -0.2) is 36.1 Å². The summed E-state index contributed by atoms with van der Waals surface area (Å²) in [6.45, 7) is 5.40. The summed E-state index contributed by atoms with van der Waals surface area (Å²) in [7, 11) is 0. The van der Waals surface area contributed by atoms with Crippen LogP contribution < -0.4 is 10.6 Å². The molecule has 0 bridgehead atoms. The van der Waals surface area contributed by atoms with E-state index in [1.807, 2.05) is 13.8 Å². The van der Waals surface area contributed by atoms with Crippen molar-refractivity contribution in [1.82, 2.24) is 10.2 Å². The van der Waals surface area contributed by atoms with E-state index in [1.54, 1.807) is 17.0 Å². The number of carbonyl (C=O) groups is 1. The summed E-state index contributed by atoms with van der Waals surface area (Å²) < 4.78 is 13.0. The van der Waals surface area contributed by atoms with Crippen LogP contribution in [0.25, 0.3) is 0 Å². The molecule has 2 atom stereocenters. The van der Waals surface area contributed by atoms with E-state index in [9.17, 15) is 9.18 Å². The van der Waals surface area contributed by atoms with E-state index in [4.69, 9.17) is 0 Å². The molecule has 0 aromatic heterocycles. The van der Waals surface area contributed by atoms with Crippen LogP contribution in [0.5, 0.6) is 0 Å². The number of urea groups is 1. The van der Waals surface area contributed by atoms with E-state index >= 15 is 0 Å². The predicted octanol–water partition coefficient (Wildman–Crippen LogP) is 2.04. The lowest BCUT2D eigenvalue weighted by molar-refractivity contribution is 0.176. The van der Waals surface area contributed by atoms with Gasteiger partial charge in [-0.2, -0.15) is 0 Å². The molecule has 1 aliphatic heterocycles. The molecule has 1 heterocycles. The van der Waals surface area contributed by atoms with Gasteiger partial charge in [-0.15, -0.1) is 0 Å². The molecule has 2 N–H and O–H groups in total. The van der Waals surface area contributed by atoms with Crippen LogP contribution in [0.2, 0.25) is 0 Å². The Bertz CT molecular complexity index is 428. The SMILES string of the molecule is CC1CN(C(=O)Nc2cccc(F)c2)CC(C)N1. The van der Waals surface area contributed by atoms with Gasteiger partial charge in [-0.1, -0.05) is 6.07 Å². The van der Waals surface area contributed by atoms with Gasteiger partial charge in [0, 0.05) is 30.9 Å². The molecule has 1 aromatic carbocycles. The molecule has 2 amide bonds. The van der Waals surface area contributed by atoms with Crippen molar-refractivity contribution in [3.05, 3.63) is 30.1 Å². The van der Waals surface area contributed by atoms with Crippen molar-refractivity contribution in [2.24, 2.45) is 0 Å². The van der Waals surface area contributed by atoms with Crippen LogP contribution in [0.3, 0.4) is 0 Å². The van der Waals surface area contributed by atoms with E-state index < -0.39 is 0 Å². The Hall–Kier alpha value is -1.62. The first-order chi connectivity index (χ1) is 8.54. The molecule has 0 radical (unpaired) electrons. The lowest BCUT2D eigenvalue weighted by atomic mass is 10.1. The molecule has 2 rings (SSSR count). The highest BCUT2D eigenvalue weighted by molar-refractivity contribution is 5.89. The molecule has 1 saturated heterocycles. The summed E-state index contributed by atoms with van der Waals surface area (Å²) >= 11 is 0. The molecule has 18 heavy (non-hydrogen) atoms. The maximum Gasteiger partial charge on any atom is 0.321 e. The van der Waals surface area contributed by atoms with Crippen molar-refractivity contribution in [2.45, 2.75) is 25.9 Å². The van der Waals surface area contributed by atoms with Gasteiger partial charge in [0.1, 0.15) is 5.82 Å². The Labute approximate surface area is 106 Å². The molecule has 1 aromatic rings. The predicted molar refractivity (Wildman–Crippen MR) is 69.1 cm³/mol. The number of hydrogen-bond donors (Lipinski definition) is 2. The zero-order chi connectivity index (χ0) is 13.1. The van der Waals surface area contributed by atoms with E-state index in [1.165, 1.54) is 12.1 Å². The minimum atomic E-state index is -0.352. The number of rotatable bonds is 1. The Morgan fingerprint density at radius 1 is 1.39 bits per heavy atom. The smallest absolute Gasteiger partial charge is 0.321 e. The van der Waals surface area contributed by atoms with Crippen molar-refractivity contribution < 1.29 is 9.18 Å². The molecule has 98 valence electrons. The van der Waals surface area contributed by atoms with Crippen molar-refractivity contribution >= 4 is 11.7 Å². The fourth-order valence-electron chi connectivity index (χ4n) is 2.26. The van der Waals surface area contributed by atoms with Crippen LogP contribution in [0, 0.1) is 5.82 Å². The first kappa shape index (κ1) is 12.8. The fourth-order valence-corrected chi connectivity index (χ4v) is 2.26. The number of nitrogens with one attached hydrogen (secondary N) is 2. The molecule has 0 spiro atoms. The number of benzene rings is 1. The summed E-state index contributed by atoms with van der Waals surface area (Å²) in [5.41, 5.74) is 0.485. The van der Waals surface area contributed by atoms with Gasteiger partial charge >= 0.3 is 6.03 Å². The highest BCUT2D eigenvalue weighted by atomic mass is 19.1. The summed E-state index contributed by atoms with van der Waals surface area (Å²) in [6.07, 6.45) is 0. The Morgan fingerprint density at radius 3 is 2.67 bits per heavy atom. The van der Waals surface area contributed by atoms with Gasteiger partial charge in [-0.3, -0.25) is 0 Å². The molecular weight excluding hydrogens is 233 g/mol. The van der Waals surface area contributed by atoms with Gasteiger partial charge in [0.05, 0.1) is 0 Å². The number of hydrogen-bond acceptors (Lipinski definition) is 2. The molecule has 0 saturated carbocycles. The average Bonchev–Trinajstić information content (AvgIpc) is 2.27. The Kier molecular flexibility index (Phi) is 3.81. The third kappa shape index (κ3) is 3.20. The third-order valence-corrected chi connectivity index (χ3v) is 2.92. The Balaban J connectivity index is 1.99. The van der Waals surface area contributed by atoms with Crippen LogP contribution in [0.15, 0.2) is 24.3 Å².